The van der Waals surface area contributed by atoms with Gasteiger partial charge < -0.3 is 19.8 Å². The molecule has 1 aliphatic carbocycles. The molecule has 1 aliphatic heterocycles. The second-order valence-electron chi connectivity index (χ2n) is 11.9. The summed E-state index contributed by atoms with van der Waals surface area (Å²) in [5.74, 6) is 0.458. The van der Waals surface area contributed by atoms with Gasteiger partial charge in [-0.15, -0.1) is 0 Å². The lowest BCUT2D eigenvalue weighted by atomic mass is 9.93. The van der Waals surface area contributed by atoms with Gasteiger partial charge in [-0.2, -0.15) is 13.2 Å². The number of benzene rings is 3. The third-order valence-corrected chi connectivity index (χ3v) is 11.0. The first-order valence-corrected chi connectivity index (χ1v) is 17.0. The average Bonchev–Trinajstić information content (AvgIpc) is 3.87. The number of likely N-dealkylation sites (tertiary alicyclic amines) is 1. The molecule has 1 amide bonds. The van der Waals surface area contributed by atoms with Gasteiger partial charge in [0.05, 0.1) is 34.9 Å². The third kappa shape index (κ3) is 7.73. The SMILES string of the molecule is COc1cc([C@H](C(=O)N2CC[C@@H](C(=O)O)[C@H]2c2ccccc2S(=O)(=O)C2CC2)N(N)c2ccc3cnccc3c2)ccc1F.O=C(O)C(F)(F)F. The Morgan fingerprint density at radius 2 is 1.69 bits per heavy atom. The Balaban J connectivity index is 0.000000654. The van der Waals surface area contributed by atoms with E-state index < -0.39 is 62.9 Å². The Labute approximate surface area is 288 Å². The molecular formula is C34H32F4N4O8S. The van der Waals surface area contributed by atoms with E-state index >= 15 is 0 Å². The molecular weight excluding hydrogens is 700 g/mol. The number of aliphatic carboxylic acids is 2. The number of ether oxygens (including phenoxy) is 1. The summed E-state index contributed by atoms with van der Waals surface area (Å²) in [6.45, 7) is 0.0460. The molecule has 6 rings (SSSR count). The second kappa shape index (κ2) is 14.5. The third-order valence-electron chi connectivity index (χ3n) is 8.67. The summed E-state index contributed by atoms with van der Waals surface area (Å²) in [6.07, 6.45) is -0.581. The number of carboxylic acid groups (broad SMARTS) is 2. The highest BCUT2D eigenvalue weighted by atomic mass is 32.2. The minimum atomic E-state index is -5.08. The van der Waals surface area contributed by atoms with Crippen molar-refractivity contribution in [2.75, 3.05) is 18.7 Å². The number of nitrogens with two attached hydrogens (primary N) is 1. The Bertz CT molecular complexity index is 2080. The van der Waals surface area contributed by atoms with Crippen LogP contribution in [0, 0.1) is 11.7 Å². The van der Waals surface area contributed by atoms with Gasteiger partial charge in [-0.05, 0) is 72.2 Å². The number of anilines is 1. The number of hydrogen-bond donors (Lipinski definition) is 3. The summed E-state index contributed by atoms with van der Waals surface area (Å²) in [5.41, 5.74) is 1.03. The highest BCUT2D eigenvalue weighted by Gasteiger charge is 2.48. The highest BCUT2D eigenvalue weighted by Crippen LogP contribution is 2.45. The molecule has 0 unspecified atom stereocenters. The number of pyridine rings is 1. The van der Waals surface area contributed by atoms with Crippen molar-refractivity contribution in [1.29, 1.82) is 0 Å². The molecule has 4 aromatic rings. The summed E-state index contributed by atoms with van der Waals surface area (Å²) in [4.78, 5) is 41.7. The largest absolute Gasteiger partial charge is 0.494 e. The molecule has 2 heterocycles. The van der Waals surface area contributed by atoms with Gasteiger partial charge in [-0.1, -0.05) is 30.3 Å². The van der Waals surface area contributed by atoms with Crippen molar-refractivity contribution in [2.24, 2.45) is 11.8 Å². The predicted octanol–water partition coefficient (Wildman–Crippen LogP) is 5.05. The molecule has 2 fully saturated rings. The molecule has 0 radical (unpaired) electrons. The lowest BCUT2D eigenvalue weighted by molar-refractivity contribution is -0.192. The van der Waals surface area contributed by atoms with Crippen molar-refractivity contribution in [3.8, 4) is 5.75 Å². The number of hydrazine groups is 1. The van der Waals surface area contributed by atoms with Crippen LogP contribution in [0.4, 0.5) is 23.2 Å². The van der Waals surface area contributed by atoms with E-state index in [9.17, 15) is 40.7 Å². The van der Waals surface area contributed by atoms with E-state index in [2.05, 4.69) is 4.98 Å². The minimum Gasteiger partial charge on any atom is -0.494 e. The minimum absolute atomic E-state index is 0.0335. The zero-order valence-electron chi connectivity index (χ0n) is 26.8. The quantitative estimate of drug-likeness (QED) is 0.119. The van der Waals surface area contributed by atoms with E-state index in [1.807, 2.05) is 6.07 Å². The molecule has 3 aromatic carbocycles. The Morgan fingerprint density at radius 1 is 1.00 bits per heavy atom. The number of sulfone groups is 1. The predicted molar refractivity (Wildman–Crippen MR) is 175 cm³/mol. The second-order valence-corrected chi connectivity index (χ2v) is 14.1. The molecule has 3 atom stereocenters. The van der Waals surface area contributed by atoms with Crippen molar-refractivity contribution in [3.63, 3.8) is 0 Å². The number of carboxylic acids is 2. The molecule has 1 saturated heterocycles. The van der Waals surface area contributed by atoms with Crippen LogP contribution < -0.4 is 15.6 Å². The number of amides is 1. The molecule has 1 aromatic heterocycles. The van der Waals surface area contributed by atoms with Crippen LogP contribution in [0.3, 0.4) is 0 Å². The normalized spacial score (nSPS) is 18.0. The van der Waals surface area contributed by atoms with Crippen LogP contribution in [0.2, 0.25) is 0 Å². The number of fused-ring (bicyclic) bond motifs is 1. The van der Waals surface area contributed by atoms with Crippen molar-refractivity contribution in [2.45, 2.75) is 47.7 Å². The van der Waals surface area contributed by atoms with Gasteiger partial charge in [0.15, 0.2) is 21.4 Å². The van der Waals surface area contributed by atoms with Crippen LogP contribution in [-0.4, -0.2) is 71.4 Å². The summed E-state index contributed by atoms with van der Waals surface area (Å²) >= 11 is 0. The molecule has 0 spiro atoms. The van der Waals surface area contributed by atoms with Crippen LogP contribution in [0.15, 0.2) is 84.0 Å². The maximum absolute atomic E-state index is 14.7. The smallest absolute Gasteiger partial charge is 0.490 e. The van der Waals surface area contributed by atoms with Crippen LogP contribution in [-0.2, 0) is 24.2 Å². The van der Waals surface area contributed by atoms with E-state index in [0.717, 1.165) is 10.8 Å². The molecule has 4 N–H and O–H groups in total. The highest BCUT2D eigenvalue weighted by molar-refractivity contribution is 7.92. The zero-order valence-corrected chi connectivity index (χ0v) is 27.6. The number of carbonyl (C=O) groups is 3. The van der Waals surface area contributed by atoms with Gasteiger partial charge in [0.1, 0.15) is 6.04 Å². The lowest BCUT2D eigenvalue weighted by Crippen LogP contribution is -2.47. The van der Waals surface area contributed by atoms with Gasteiger partial charge >= 0.3 is 18.1 Å². The summed E-state index contributed by atoms with van der Waals surface area (Å²) < 4.78 is 78.3. The van der Waals surface area contributed by atoms with E-state index in [1.165, 1.54) is 41.3 Å². The van der Waals surface area contributed by atoms with Gasteiger partial charge in [0.25, 0.3) is 5.91 Å². The number of alkyl halides is 3. The Hall–Kier alpha value is -5.29. The Kier molecular flexibility index (Phi) is 10.5. The number of halogens is 4. The maximum atomic E-state index is 14.7. The van der Waals surface area contributed by atoms with Gasteiger partial charge in [0.2, 0.25) is 0 Å². The zero-order chi connectivity index (χ0) is 37.2. The van der Waals surface area contributed by atoms with Gasteiger partial charge in [0, 0.05) is 24.3 Å². The van der Waals surface area contributed by atoms with Crippen molar-refractivity contribution < 1.29 is 55.3 Å². The van der Waals surface area contributed by atoms with E-state index in [0.29, 0.717) is 24.1 Å². The molecule has 1 saturated carbocycles. The van der Waals surface area contributed by atoms with E-state index in [1.54, 1.807) is 48.8 Å². The number of hydrogen-bond acceptors (Lipinski definition) is 9. The average molecular weight is 733 g/mol. The number of nitrogens with zero attached hydrogens (tertiary/aromatic N) is 3. The van der Waals surface area contributed by atoms with Gasteiger partial charge in [-0.25, -0.2) is 23.4 Å². The number of carbonyl (C=O) groups excluding carboxylic acids is 1. The van der Waals surface area contributed by atoms with Crippen LogP contribution in [0.5, 0.6) is 5.75 Å². The first-order valence-electron chi connectivity index (χ1n) is 15.4. The monoisotopic (exact) mass is 732 g/mol. The maximum Gasteiger partial charge on any atom is 0.490 e. The fourth-order valence-electron chi connectivity index (χ4n) is 6.03. The van der Waals surface area contributed by atoms with E-state index in [4.69, 9.17) is 20.5 Å². The van der Waals surface area contributed by atoms with Crippen molar-refractivity contribution in [1.82, 2.24) is 9.88 Å². The number of rotatable bonds is 9. The molecule has 17 heteroatoms. The Morgan fingerprint density at radius 3 is 2.31 bits per heavy atom. The first-order chi connectivity index (χ1) is 24.1. The number of methoxy groups -OCH3 is 1. The van der Waals surface area contributed by atoms with Crippen LogP contribution in [0.25, 0.3) is 10.8 Å². The van der Waals surface area contributed by atoms with Crippen molar-refractivity contribution in [3.05, 3.63) is 96.1 Å². The molecule has 270 valence electrons. The molecule has 0 bridgehead atoms. The molecule has 2 aliphatic rings. The summed E-state index contributed by atoms with van der Waals surface area (Å²) in [7, 11) is -2.42. The van der Waals surface area contributed by atoms with Crippen LogP contribution in [0.1, 0.15) is 42.5 Å². The van der Waals surface area contributed by atoms with Crippen molar-refractivity contribution >= 4 is 44.1 Å². The van der Waals surface area contributed by atoms with Gasteiger partial charge in [-0.3, -0.25) is 19.6 Å². The summed E-state index contributed by atoms with van der Waals surface area (Å²) in [5, 5.41) is 19.7. The number of aromatic nitrogens is 1. The first kappa shape index (κ1) is 37.0. The summed E-state index contributed by atoms with van der Waals surface area (Å²) in [6, 6.07) is 15.1. The van der Waals surface area contributed by atoms with E-state index in [-0.39, 0.29) is 29.2 Å². The molecule has 12 nitrogen and oxygen atoms in total. The van der Waals surface area contributed by atoms with Crippen LogP contribution >= 0.6 is 0 Å². The topological polar surface area (TPSA) is 180 Å². The fourth-order valence-corrected chi connectivity index (χ4v) is 7.93. The molecule has 51 heavy (non-hydrogen) atoms. The fraction of sp³-hybridized carbons (Fsp3) is 0.294. The lowest BCUT2D eigenvalue weighted by Gasteiger charge is -2.36. The standard InChI is InChI=1S/C32H31FN4O6S.C2HF3O2/c1-43-27-17-20(7-11-26(27)33)29(37(34)22-8-6-21-18-35-14-12-19(21)16-22)31(38)36-15-13-25(32(39)40)30(36)24-4-2-3-5-28(24)44(41,42)23-9-10-23;3-2(4,5)1(6)7/h2-8,11-12,14,16-18,23,25,29-30H,9-10,13,15,34H2,1H3,(H,39,40);(H,6,7)/t25-,29-,30-;/m1./s1.